The third kappa shape index (κ3) is 3.38. The SMILES string of the molecule is CN(C)CCOCc1cc2c(s1)-c1cc(F)ccc1Oc1ccccc1-2. The van der Waals surface area contributed by atoms with E-state index in [1.807, 2.05) is 38.4 Å². The van der Waals surface area contributed by atoms with Gasteiger partial charge >= 0.3 is 0 Å². The maximum Gasteiger partial charge on any atom is 0.136 e. The molecule has 0 bridgehead atoms. The molecule has 3 aromatic rings. The van der Waals surface area contributed by atoms with Crippen LogP contribution in [0.2, 0.25) is 0 Å². The van der Waals surface area contributed by atoms with Crippen LogP contribution in [-0.4, -0.2) is 32.1 Å². The maximum absolute atomic E-state index is 13.9. The average Bonchev–Trinajstić information content (AvgIpc) is 2.99. The predicted molar refractivity (Wildman–Crippen MR) is 103 cm³/mol. The Morgan fingerprint density at radius 1 is 1.00 bits per heavy atom. The van der Waals surface area contributed by atoms with Gasteiger partial charge in [0, 0.05) is 33.0 Å². The normalized spacial score (nSPS) is 12.2. The molecule has 4 rings (SSSR count). The Balaban J connectivity index is 1.73. The fraction of sp³-hybridized carbons (Fsp3) is 0.238. The van der Waals surface area contributed by atoms with Crippen LogP contribution in [0.5, 0.6) is 11.5 Å². The van der Waals surface area contributed by atoms with E-state index in [2.05, 4.69) is 11.0 Å². The number of hydrogen-bond acceptors (Lipinski definition) is 4. The Morgan fingerprint density at radius 2 is 1.81 bits per heavy atom. The highest BCUT2D eigenvalue weighted by molar-refractivity contribution is 7.16. The van der Waals surface area contributed by atoms with Gasteiger partial charge in [0.05, 0.1) is 13.2 Å². The molecule has 0 radical (unpaired) electrons. The van der Waals surface area contributed by atoms with Crippen LogP contribution in [0, 0.1) is 5.82 Å². The standard InChI is InChI=1S/C21H20FNO2S/c1-23(2)9-10-24-13-15-12-17-16-5-3-4-6-19(16)25-20-8-7-14(22)11-18(20)21(17)26-15/h3-8,11-12H,9-10,13H2,1-2H3. The fourth-order valence-electron chi connectivity index (χ4n) is 3.00. The van der Waals surface area contributed by atoms with Gasteiger partial charge in [-0.25, -0.2) is 4.39 Å². The molecule has 0 aliphatic carbocycles. The molecule has 0 atom stereocenters. The van der Waals surface area contributed by atoms with Crippen molar-refractivity contribution < 1.29 is 13.9 Å². The summed E-state index contributed by atoms with van der Waals surface area (Å²) < 4.78 is 25.8. The number of para-hydroxylation sites is 1. The van der Waals surface area contributed by atoms with E-state index in [1.165, 1.54) is 6.07 Å². The Kier molecular flexibility index (Phi) is 4.76. The molecule has 1 aliphatic heterocycles. The van der Waals surface area contributed by atoms with Crippen molar-refractivity contribution in [2.75, 3.05) is 27.2 Å². The molecule has 1 aliphatic rings. The minimum atomic E-state index is -0.263. The minimum absolute atomic E-state index is 0.263. The van der Waals surface area contributed by atoms with Crippen molar-refractivity contribution in [2.45, 2.75) is 6.61 Å². The van der Waals surface area contributed by atoms with E-state index in [0.717, 1.165) is 38.7 Å². The fourth-order valence-corrected chi connectivity index (χ4v) is 4.13. The predicted octanol–water partition coefficient (Wildman–Crippen LogP) is 5.41. The van der Waals surface area contributed by atoms with Crippen LogP contribution in [0.3, 0.4) is 0 Å². The summed E-state index contributed by atoms with van der Waals surface area (Å²) in [6.45, 7) is 2.12. The second-order valence-electron chi connectivity index (χ2n) is 6.55. The first-order valence-electron chi connectivity index (χ1n) is 8.54. The van der Waals surface area contributed by atoms with Gasteiger partial charge in [-0.1, -0.05) is 18.2 Å². The Morgan fingerprint density at radius 3 is 2.65 bits per heavy atom. The molecule has 0 saturated carbocycles. The van der Waals surface area contributed by atoms with E-state index < -0.39 is 0 Å². The quantitative estimate of drug-likeness (QED) is 0.439. The zero-order valence-electron chi connectivity index (χ0n) is 14.8. The number of thiophene rings is 1. The third-order valence-corrected chi connectivity index (χ3v) is 5.44. The van der Waals surface area contributed by atoms with Crippen LogP contribution in [0.15, 0.2) is 48.5 Å². The lowest BCUT2D eigenvalue weighted by Crippen LogP contribution is -2.17. The minimum Gasteiger partial charge on any atom is -0.456 e. The molecular weight excluding hydrogens is 349 g/mol. The number of hydrogen-bond donors (Lipinski definition) is 0. The lowest BCUT2D eigenvalue weighted by molar-refractivity contribution is 0.107. The summed E-state index contributed by atoms with van der Waals surface area (Å²) in [6.07, 6.45) is 0. The molecule has 2 heterocycles. The van der Waals surface area contributed by atoms with Crippen molar-refractivity contribution in [1.29, 1.82) is 0 Å². The van der Waals surface area contributed by atoms with Crippen LogP contribution >= 0.6 is 11.3 Å². The Bertz CT molecular complexity index is 936. The maximum atomic E-state index is 13.9. The number of halogens is 1. The molecule has 5 heteroatoms. The number of benzene rings is 2. The summed E-state index contributed by atoms with van der Waals surface area (Å²) in [5.41, 5.74) is 2.89. The summed E-state index contributed by atoms with van der Waals surface area (Å²) in [7, 11) is 4.05. The summed E-state index contributed by atoms with van der Waals surface area (Å²) in [6, 6.07) is 14.8. The molecule has 0 amide bonds. The first-order valence-corrected chi connectivity index (χ1v) is 9.36. The Hall–Kier alpha value is -2.21. The summed E-state index contributed by atoms with van der Waals surface area (Å²) in [5, 5.41) is 0. The molecule has 0 N–H and O–H groups in total. The van der Waals surface area contributed by atoms with Crippen LogP contribution in [0.25, 0.3) is 21.6 Å². The molecule has 0 fully saturated rings. The first-order chi connectivity index (χ1) is 12.6. The van der Waals surface area contributed by atoms with E-state index >= 15 is 0 Å². The first kappa shape index (κ1) is 17.2. The highest BCUT2D eigenvalue weighted by atomic mass is 32.1. The molecule has 2 aromatic carbocycles. The van der Waals surface area contributed by atoms with Crippen LogP contribution < -0.4 is 4.74 Å². The smallest absolute Gasteiger partial charge is 0.136 e. The number of nitrogens with zero attached hydrogens (tertiary/aromatic N) is 1. The lowest BCUT2D eigenvalue weighted by atomic mass is 10.0. The topological polar surface area (TPSA) is 21.7 Å². The van der Waals surface area contributed by atoms with Gasteiger partial charge in [0.2, 0.25) is 0 Å². The number of ether oxygens (including phenoxy) is 2. The highest BCUT2D eigenvalue weighted by Crippen LogP contribution is 2.50. The van der Waals surface area contributed by atoms with Crippen LogP contribution in [0.1, 0.15) is 4.88 Å². The van der Waals surface area contributed by atoms with Crippen molar-refractivity contribution in [3.05, 3.63) is 59.2 Å². The average molecular weight is 369 g/mol. The van der Waals surface area contributed by atoms with E-state index in [-0.39, 0.29) is 5.82 Å². The molecule has 0 unspecified atom stereocenters. The van der Waals surface area contributed by atoms with Gasteiger partial charge < -0.3 is 14.4 Å². The van der Waals surface area contributed by atoms with Crippen LogP contribution in [-0.2, 0) is 11.3 Å². The van der Waals surface area contributed by atoms with E-state index in [0.29, 0.717) is 19.0 Å². The van der Waals surface area contributed by atoms with Gasteiger partial charge in [0.1, 0.15) is 17.3 Å². The molecule has 0 spiro atoms. The van der Waals surface area contributed by atoms with Crippen molar-refractivity contribution in [1.82, 2.24) is 4.90 Å². The van der Waals surface area contributed by atoms with E-state index in [9.17, 15) is 4.39 Å². The van der Waals surface area contributed by atoms with Gasteiger partial charge in [-0.2, -0.15) is 0 Å². The molecular formula is C21H20FNO2S. The van der Waals surface area contributed by atoms with Gasteiger partial charge in [0.25, 0.3) is 0 Å². The highest BCUT2D eigenvalue weighted by Gasteiger charge is 2.23. The summed E-state index contributed by atoms with van der Waals surface area (Å²) in [5.74, 6) is 1.21. The Labute approximate surface area is 156 Å². The molecule has 0 saturated heterocycles. The van der Waals surface area contributed by atoms with Crippen molar-refractivity contribution in [2.24, 2.45) is 0 Å². The van der Waals surface area contributed by atoms with Gasteiger partial charge in [-0.05, 0) is 44.4 Å². The van der Waals surface area contributed by atoms with Gasteiger partial charge in [-0.15, -0.1) is 11.3 Å². The number of fused-ring (bicyclic) bond motifs is 5. The zero-order valence-corrected chi connectivity index (χ0v) is 15.6. The van der Waals surface area contributed by atoms with Gasteiger partial charge in [-0.3, -0.25) is 0 Å². The zero-order chi connectivity index (χ0) is 18.1. The van der Waals surface area contributed by atoms with Gasteiger partial charge in [0.15, 0.2) is 0 Å². The second kappa shape index (κ2) is 7.19. The summed E-state index contributed by atoms with van der Waals surface area (Å²) >= 11 is 1.64. The van der Waals surface area contributed by atoms with Crippen molar-refractivity contribution >= 4 is 11.3 Å². The van der Waals surface area contributed by atoms with Crippen molar-refractivity contribution in [3.63, 3.8) is 0 Å². The molecule has 1 aromatic heterocycles. The summed E-state index contributed by atoms with van der Waals surface area (Å²) in [4.78, 5) is 4.24. The monoisotopic (exact) mass is 369 g/mol. The molecule has 134 valence electrons. The number of rotatable bonds is 5. The third-order valence-electron chi connectivity index (χ3n) is 4.29. The van der Waals surface area contributed by atoms with Crippen molar-refractivity contribution in [3.8, 4) is 33.1 Å². The van der Waals surface area contributed by atoms with E-state index in [1.54, 1.807) is 23.5 Å². The van der Waals surface area contributed by atoms with E-state index in [4.69, 9.17) is 9.47 Å². The van der Waals surface area contributed by atoms with Crippen LogP contribution in [0.4, 0.5) is 4.39 Å². The second-order valence-corrected chi connectivity index (χ2v) is 7.69. The lowest BCUT2D eigenvalue weighted by Gasteiger charge is -2.10. The largest absolute Gasteiger partial charge is 0.456 e. The number of likely N-dealkylation sites (N-methyl/N-ethyl adjacent to an activating group) is 1. The molecule has 26 heavy (non-hydrogen) atoms. The molecule has 3 nitrogen and oxygen atoms in total.